The molecule has 1 unspecified atom stereocenters. The first-order chi connectivity index (χ1) is 7.87. The molecule has 0 radical (unpaired) electrons. The van der Waals surface area contributed by atoms with Gasteiger partial charge in [-0.1, -0.05) is 19.4 Å². The van der Waals surface area contributed by atoms with Gasteiger partial charge < -0.3 is 9.84 Å². The zero-order valence-corrected chi connectivity index (χ0v) is 10.9. The summed E-state index contributed by atoms with van der Waals surface area (Å²) in [5.41, 5.74) is 1.00. The highest BCUT2D eigenvalue weighted by atomic mass is 16.5. The largest absolute Gasteiger partial charge is 0.478 e. The van der Waals surface area contributed by atoms with Crippen LogP contribution in [0, 0.1) is 13.8 Å². The maximum Gasteiger partial charge on any atom is 0.347 e. The van der Waals surface area contributed by atoms with Crippen LogP contribution in [0.1, 0.15) is 37.8 Å². The van der Waals surface area contributed by atoms with E-state index in [0.29, 0.717) is 12.2 Å². The monoisotopic (exact) mass is 236 g/mol. The van der Waals surface area contributed by atoms with Crippen molar-refractivity contribution < 1.29 is 14.6 Å². The SMILES string of the molecule is CCCC(C)(Oc1cc(C)cc(C)c1)C(=O)O. The Bertz CT molecular complexity index is 392. The Morgan fingerprint density at radius 2 is 1.82 bits per heavy atom. The first-order valence-corrected chi connectivity index (χ1v) is 5.88. The van der Waals surface area contributed by atoms with Crippen molar-refractivity contribution in [3.05, 3.63) is 29.3 Å². The molecular weight excluding hydrogens is 216 g/mol. The summed E-state index contributed by atoms with van der Waals surface area (Å²) in [4.78, 5) is 11.3. The molecule has 1 N–H and O–H groups in total. The van der Waals surface area contributed by atoms with Crippen molar-refractivity contribution in [1.82, 2.24) is 0 Å². The number of ether oxygens (including phenoxy) is 1. The van der Waals surface area contributed by atoms with Crippen LogP contribution in [-0.2, 0) is 4.79 Å². The quantitative estimate of drug-likeness (QED) is 0.853. The maximum absolute atomic E-state index is 11.3. The second-order valence-corrected chi connectivity index (χ2v) is 4.71. The summed E-state index contributed by atoms with van der Waals surface area (Å²) in [6.07, 6.45) is 1.27. The summed E-state index contributed by atoms with van der Waals surface area (Å²) in [6.45, 7) is 7.51. The van der Waals surface area contributed by atoms with Crippen LogP contribution in [0.3, 0.4) is 0 Å². The minimum Gasteiger partial charge on any atom is -0.478 e. The highest BCUT2D eigenvalue weighted by molar-refractivity contribution is 5.77. The Morgan fingerprint density at radius 1 is 1.29 bits per heavy atom. The molecule has 0 fully saturated rings. The van der Waals surface area contributed by atoms with E-state index in [4.69, 9.17) is 4.74 Å². The third-order valence-corrected chi connectivity index (χ3v) is 2.72. The molecule has 0 aliphatic carbocycles. The molecule has 0 aliphatic heterocycles. The van der Waals surface area contributed by atoms with Crippen LogP contribution in [0.25, 0.3) is 0 Å². The zero-order chi connectivity index (χ0) is 13.1. The van der Waals surface area contributed by atoms with Gasteiger partial charge in [-0.3, -0.25) is 0 Å². The van der Waals surface area contributed by atoms with E-state index in [9.17, 15) is 9.90 Å². The molecule has 1 rings (SSSR count). The summed E-state index contributed by atoms with van der Waals surface area (Å²) in [5.74, 6) is -0.292. The van der Waals surface area contributed by atoms with E-state index in [1.165, 1.54) is 0 Å². The predicted molar refractivity (Wildman–Crippen MR) is 67.5 cm³/mol. The van der Waals surface area contributed by atoms with Crippen molar-refractivity contribution >= 4 is 5.97 Å². The Hall–Kier alpha value is -1.51. The molecule has 1 aromatic rings. The molecule has 0 saturated carbocycles. The predicted octanol–water partition coefficient (Wildman–Crippen LogP) is 3.33. The number of benzene rings is 1. The first-order valence-electron chi connectivity index (χ1n) is 5.88. The molecule has 0 saturated heterocycles. The van der Waals surface area contributed by atoms with Crippen molar-refractivity contribution in [2.45, 2.75) is 46.1 Å². The fourth-order valence-corrected chi connectivity index (χ4v) is 1.93. The lowest BCUT2D eigenvalue weighted by molar-refractivity contribution is -0.154. The smallest absolute Gasteiger partial charge is 0.347 e. The summed E-state index contributed by atoms with van der Waals surface area (Å²) in [5, 5.41) is 9.24. The van der Waals surface area contributed by atoms with E-state index in [1.54, 1.807) is 6.92 Å². The Balaban J connectivity index is 2.97. The number of carbonyl (C=O) groups is 1. The molecule has 0 heterocycles. The lowest BCUT2D eigenvalue weighted by Gasteiger charge is -2.26. The average molecular weight is 236 g/mol. The van der Waals surface area contributed by atoms with Crippen molar-refractivity contribution in [2.24, 2.45) is 0 Å². The van der Waals surface area contributed by atoms with Crippen LogP contribution < -0.4 is 4.74 Å². The summed E-state index contributed by atoms with van der Waals surface area (Å²) in [6, 6.07) is 5.76. The van der Waals surface area contributed by atoms with Gasteiger partial charge >= 0.3 is 5.97 Å². The van der Waals surface area contributed by atoms with Crippen LogP contribution in [-0.4, -0.2) is 16.7 Å². The summed E-state index contributed by atoms with van der Waals surface area (Å²) >= 11 is 0. The maximum atomic E-state index is 11.3. The molecule has 0 bridgehead atoms. The molecule has 0 spiro atoms. The minimum atomic E-state index is -1.14. The first kappa shape index (κ1) is 13.6. The molecule has 0 aromatic heterocycles. The van der Waals surface area contributed by atoms with Crippen LogP contribution >= 0.6 is 0 Å². The number of rotatable bonds is 5. The molecule has 1 aromatic carbocycles. The number of aryl methyl sites for hydroxylation is 2. The molecular formula is C14H20O3. The van der Waals surface area contributed by atoms with Gasteiger partial charge in [-0.15, -0.1) is 0 Å². The van der Waals surface area contributed by atoms with Gasteiger partial charge in [0.25, 0.3) is 0 Å². The Morgan fingerprint density at radius 3 is 2.24 bits per heavy atom. The minimum absolute atomic E-state index is 0.495. The van der Waals surface area contributed by atoms with Crippen molar-refractivity contribution in [1.29, 1.82) is 0 Å². The lowest BCUT2D eigenvalue weighted by Crippen LogP contribution is -2.41. The number of carboxylic acid groups (broad SMARTS) is 1. The van der Waals surface area contributed by atoms with E-state index in [1.807, 2.05) is 39.0 Å². The topological polar surface area (TPSA) is 46.5 Å². The standard InChI is InChI=1S/C14H20O3/c1-5-6-14(4,13(15)16)17-12-8-10(2)7-11(3)9-12/h7-9H,5-6H2,1-4H3,(H,15,16). The third-order valence-electron chi connectivity index (χ3n) is 2.72. The molecule has 0 aliphatic rings. The molecule has 0 amide bonds. The van der Waals surface area contributed by atoms with Gasteiger partial charge in [0.1, 0.15) is 5.75 Å². The van der Waals surface area contributed by atoms with E-state index in [0.717, 1.165) is 17.5 Å². The van der Waals surface area contributed by atoms with Crippen molar-refractivity contribution in [3.8, 4) is 5.75 Å². The molecule has 94 valence electrons. The van der Waals surface area contributed by atoms with Crippen LogP contribution in [0.15, 0.2) is 18.2 Å². The molecule has 3 nitrogen and oxygen atoms in total. The fraction of sp³-hybridized carbons (Fsp3) is 0.500. The summed E-state index contributed by atoms with van der Waals surface area (Å²) < 4.78 is 5.67. The fourth-order valence-electron chi connectivity index (χ4n) is 1.93. The van der Waals surface area contributed by atoms with Crippen molar-refractivity contribution in [2.75, 3.05) is 0 Å². The van der Waals surface area contributed by atoms with Gasteiger partial charge in [-0.25, -0.2) is 4.79 Å². The van der Waals surface area contributed by atoms with E-state index < -0.39 is 11.6 Å². The van der Waals surface area contributed by atoms with Crippen LogP contribution in [0.5, 0.6) is 5.75 Å². The van der Waals surface area contributed by atoms with Gasteiger partial charge in [-0.2, -0.15) is 0 Å². The Labute approximate surface area is 102 Å². The van der Waals surface area contributed by atoms with Gasteiger partial charge in [0, 0.05) is 0 Å². The number of aliphatic carboxylic acids is 1. The molecule has 17 heavy (non-hydrogen) atoms. The normalized spacial score (nSPS) is 14.1. The highest BCUT2D eigenvalue weighted by Crippen LogP contribution is 2.25. The molecule has 3 heteroatoms. The van der Waals surface area contributed by atoms with Gasteiger partial charge in [0.05, 0.1) is 0 Å². The number of carboxylic acids is 1. The number of hydrogen-bond donors (Lipinski definition) is 1. The van der Waals surface area contributed by atoms with E-state index in [2.05, 4.69) is 0 Å². The van der Waals surface area contributed by atoms with Gasteiger partial charge in [0.2, 0.25) is 5.60 Å². The van der Waals surface area contributed by atoms with E-state index in [-0.39, 0.29) is 0 Å². The van der Waals surface area contributed by atoms with Crippen molar-refractivity contribution in [3.63, 3.8) is 0 Å². The van der Waals surface area contributed by atoms with Gasteiger partial charge in [0.15, 0.2) is 0 Å². The zero-order valence-electron chi connectivity index (χ0n) is 10.9. The second kappa shape index (κ2) is 5.21. The summed E-state index contributed by atoms with van der Waals surface area (Å²) in [7, 11) is 0. The second-order valence-electron chi connectivity index (χ2n) is 4.71. The lowest BCUT2D eigenvalue weighted by atomic mass is 10.0. The highest BCUT2D eigenvalue weighted by Gasteiger charge is 2.34. The molecule has 1 atom stereocenters. The van der Waals surface area contributed by atoms with Crippen LogP contribution in [0.2, 0.25) is 0 Å². The van der Waals surface area contributed by atoms with Crippen LogP contribution in [0.4, 0.5) is 0 Å². The Kier molecular flexibility index (Phi) is 4.16. The number of hydrogen-bond acceptors (Lipinski definition) is 2. The van der Waals surface area contributed by atoms with E-state index >= 15 is 0 Å². The average Bonchev–Trinajstić information content (AvgIpc) is 2.15. The van der Waals surface area contributed by atoms with Gasteiger partial charge in [-0.05, 0) is 50.5 Å². The third kappa shape index (κ3) is 3.48.